The molecule has 0 spiro atoms. The third-order valence-electron chi connectivity index (χ3n) is 6.52. The first-order chi connectivity index (χ1) is 18.5. The molecule has 1 aliphatic carbocycles. The summed E-state index contributed by atoms with van der Waals surface area (Å²) in [6, 6.07) is 3.52. The summed E-state index contributed by atoms with van der Waals surface area (Å²) < 4.78 is 76.0. The molecule has 3 aromatic rings. The Morgan fingerprint density at radius 2 is 1.77 bits per heavy atom. The van der Waals surface area contributed by atoms with Crippen LogP contribution in [-0.4, -0.2) is 73.1 Å². The number of rotatable bonds is 7. The number of fused-ring (bicyclic) bond motifs is 1. The van der Waals surface area contributed by atoms with Crippen LogP contribution in [0.2, 0.25) is 0 Å². The number of alkyl halides is 3. The number of hydrogen-bond acceptors (Lipinski definition) is 10. The molecule has 1 saturated carbocycles. The van der Waals surface area contributed by atoms with Crippen molar-refractivity contribution in [1.29, 1.82) is 0 Å². The minimum Gasteiger partial charge on any atom is -0.474 e. The van der Waals surface area contributed by atoms with Crippen LogP contribution in [0.1, 0.15) is 31.4 Å². The second-order valence-electron chi connectivity index (χ2n) is 9.57. The lowest BCUT2D eigenvalue weighted by molar-refractivity contribution is -0.141. The Bertz CT molecular complexity index is 1410. The Hall–Kier alpha value is -3.46. The van der Waals surface area contributed by atoms with Crippen molar-refractivity contribution in [2.24, 2.45) is 0 Å². The summed E-state index contributed by atoms with van der Waals surface area (Å²) in [5, 5.41) is 3.73. The van der Waals surface area contributed by atoms with Crippen LogP contribution in [0, 0.1) is 0 Å². The Balaban J connectivity index is 1.31. The number of aromatic nitrogens is 4. The largest absolute Gasteiger partial charge is 0.474 e. The summed E-state index contributed by atoms with van der Waals surface area (Å²) in [4.78, 5) is 18.6. The molecule has 11 nitrogen and oxygen atoms in total. The lowest BCUT2D eigenvalue weighted by Gasteiger charge is -2.31. The van der Waals surface area contributed by atoms with Gasteiger partial charge in [0.05, 0.1) is 54.7 Å². The molecule has 0 atom stereocenters. The van der Waals surface area contributed by atoms with Crippen molar-refractivity contribution in [1.82, 2.24) is 19.9 Å². The highest BCUT2D eigenvalue weighted by atomic mass is 32.2. The van der Waals surface area contributed by atoms with Gasteiger partial charge in [-0.05, 0) is 31.7 Å². The van der Waals surface area contributed by atoms with Crippen LogP contribution in [-0.2, 0) is 20.9 Å². The van der Waals surface area contributed by atoms with Crippen molar-refractivity contribution in [2.75, 3.05) is 47.5 Å². The zero-order chi connectivity index (χ0) is 27.6. The third kappa shape index (κ3) is 6.95. The number of halogens is 3. The molecule has 3 aromatic heterocycles. The highest BCUT2D eigenvalue weighted by molar-refractivity contribution is 7.92. The van der Waals surface area contributed by atoms with E-state index in [-0.39, 0.29) is 18.0 Å². The second kappa shape index (κ2) is 11.0. The SMILES string of the molecule is CS(=O)(=O)Nc1cnc2cc(N3CCOCC3)nc(OC3CCC(Nc4cnc(C(F)(F)F)cn4)CC3)c2c1. The van der Waals surface area contributed by atoms with E-state index in [0.717, 1.165) is 18.6 Å². The quantitative estimate of drug-likeness (QED) is 0.438. The number of nitrogens with one attached hydrogen (secondary N) is 2. The minimum atomic E-state index is -4.53. The number of morpholine rings is 1. The lowest BCUT2D eigenvalue weighted by atomic mass is 9.93. The monoisotopic (exact) mass is 567 g/mol. The summed E-state index contributed by atoms with van der Waals surface area (Å²) in [5.41, 5.74) is -0.105. The number of pyridine rings is 2. The maximum absolute atomic E-state index is 12.7. The predicted octanol–water partition coefficient (Wildman–Crippen LogP) is 3.45. The van der Waals surface area contributed by atoms with E-state index >= 15 is 0 Å². The van der Waals surface area contributed by atoms with E-state index in [9.17, 15) is 21.6 Å². The fraction of sp³-hybridized carbons (Fsp3) is 0.500. The van der Waals surface area contributed by atoms with Crippen LogP contribution in [0.4, 0.5) is 30.5 Å². The molecular formula is C24H28F3N7O4S. The molecule has 15 heteroatoms. The molecule has 1 saturated heterocycles. The van der Waals surface area contributed by atoms with Gasteiger partial charge < -0.3 is 19.7 Å². The molecule has 39 heavy (non-hydrogen) atoms. The van der Waals surface area contributed by atoms with Crippen molar-refractivity contribution in [3.8, 4) is 5.88 Å². The van der Waals surface area contributed by atoms with Crippen LogP contribution in [0.15, 0.2) is 30.7 Å². The van der Waals surface area contributed by atoms with Gasteiger partial charge in [0.1, 0.15) is 17.7 Å². The molecule has 2 N–H and O–H groups in total. The molecule has 0 radical (unpaired) electrons. The van der Waals surface area contributed by atoms with Gasteiger partial charge in [0.2, 0.25) is 15.9 Å². The molecule has 4 heterocycles. The second-order valence-corrected chi connectivity index (χ2v) is 11.3. The van der Waals surface area contributed by atoms with Crippen molar-refractivity contribution in [3.05, 3.63) is 36.4 Å². The van der Waals surface area contributed by atoms with Crippen LogP contribution < -0.4 is 19.7 Å². The van der Waals surface area contributed by atoms with E-state index in [1.54, 1.807) is 6.07 Å². The van der Waals surface area contributed by atoms with Crippen molar-refractivity contribution >= 4 is 38.2 Å². The highest BCUT2D eigenvalue weighted by Crippen LogP contribution is 2.33. The van der Waals surface area contributed by atoms with E-state index in [2.05, 4.69) is 29.9 Å². The highest BCUT2D eigenvalue weighted by Gasteiger charge is 2.33. The van der Waals surface area contributed by atoms with Gasteiger partial charge in [0.15, 0.2) is 5.69 Å². The summed E-state index contributed by atoms with van der Waals surface area (Å²) in [5.74, 6) is 1.35. The third-order valence-corrected chi connectivity index (χ3v) is 7.12. The maximum atomic E-state index is 12.7. The van der Waals surface area contributed by atoms with Gasteiger partial charge in [-0.1, -0.05) is 0 Å². The van der Waals surface area contributed by atoms with Gasteiger partial charge in [-0.15, -0.1) is 0 Å². The topological polar surface area (TPSA) is 131 Å². The standard InChI is InChI=1S/C24H28F3N7O4S/c1-39(35,36)33-16-10-18-19(28-12-16)11-22(34-6-8-37-9-7-34)32-23(18)38-17-4-2-15(3-5-17)31-21-14-29-20(13-30-21)24(25,26)27/h10-15,17,33H,2-9H2,1H3,(H,30,31). The molecule has 2 aliphatic rings. The fourth-order valence-electron chi connectivity index (χ4n) is 4.64. The first kappa shape index (κ1) is 27.1. The average Bonchev–Trinajstić information content (AvgIpc) is 2.89. The van der Waals surface area contributed by atoms with Gasteiger partial charge >= 0.3 is 6.18 Å². The van der Waals surface area contributed by atoms with E-state index < -0.39 is 21.9 Å². The van der Waals surface area contributed by atoms with Gasteiger partial charge in [-0.3, -0.25) is 9.71 Å². The van der Waals surface area contributed by atoms with Gasteiger partial charge in [-0.25, -0.2) is 18.4 Å². The van der Waals surface area contributed by atoms with Gasteiger partial charge in [0.25, 0.3) is 0 Å². The lowest BCUT2D eigenvalue weighted by Crippen LogP contribution is -2.37. The molecule has 0 unspecified atom stereocenters. The van der Waals surface area contributed by atoms with Crippen LogP contribution >= 0.6 is 0 Å². The Morgan fingerprint density at radius 3 is 2.41 bits per heavy atom. The van der Waals surface area contributed by atoms with Crippen molar-refractivity contribution in [2.45, 2.75) is 44.0 Å². The molecule has 0 aromatic carbocycles. The smallest absolute Gasteiger partial charge is 0.434 e. The minimum absolute atomic E-state index is 0.00695. The Labute approximate surface area is 223 Å². The Kier molecular flexibility index (Phi) is 7.62. The summed E-state index contributed by atoms with van der Waals surface area (Å²) in [6.45, 7) is 2.52. The predicted molar refractivity (Wildman–Crippen MR) is 138 cm³/mol. The van der Waals surface area contributed by atoms with E-state index in [4.69, 9.17) is 14.5 Å². The number of hydrogen-bond donors (Lipinski definition) is 2. The number of sulfonamides is 1. The first-order valence-corrected chi connectivity index (χ1v) is 14.4. The maximum Gasteiger partial charge on any atom is 0.434 e. The number of ether oxygens (including phenoxy) is 2. The number of anilines is 3. The zero-order valence-electron chi connectivity index (χ0n) is 21.1. The summed E-state index contributed by atoms with van der Waals surface area (Å²) >= 11 is 0. The van der Waals surface area contributed by atoms with Crippen LogP contribution in [0.3, 0.4) is 0 Å². The van der Waals surface area contributed by atoms with E-state index in [0.29, 0.717) is 80.3 Å². The normalized spacial score (nSPS) is 20.6. The fourth-order valence-corrected chi connectivity index (χ4v) is 5.18. The van der Waals surface area contributed by atoms with Crippen molar-refractivity contribution < 1.29 is 31.1 Å². The van der Waals surface area contributed by atoms with Crippen molar-refractivity contribution in [3.63, 3.8) is 0 Å². The molecule has 0 amide bonds. The zero-order valence-corrected chi connectivity index (χ0v) is 21.9. The first-order valence-electron chi connectivity index (χ1n) is 12.5. The van der Waals surface area contributed by atoms with Crippen LogP contribution in [0.25, 0.3) is 10.9 Å². The van der Waals surface area contributed by atoms with E-state index in [1.165, 1.54) is 6.20 Å². The molecule has 0 bridgehead atoms. The van der Waals surface area contributed by atoms with Gasteiger partial charge in [-0.2, -0.15) is 18.2 Å². The van der Waals surface area contributed by atoms with E-state index in [1.807, 2.05) is 6.07 Å². The van der Waals surface area contributed by atoms with Gasteiger partial charge in [0, 0.05) is 25.2 Å². The Morgan fingerprint density at radius 1 is 1.03 bits per heavy atom. The molecular weight excluding hydrogens is 539 g/mol. The summed E-state index contributed by atoms with van der Waals surface area (Å²) in [7, 11) is -3.50. The number of nitrogens with zero attached hydrogens (tertiary/aromatic N) is 5. The summed E-state index contributed by atoms with van der Waals surface area (Å²) in [6.07, 6.45) is 2.38. The molecule has 5 rings (SSSR count). The molecule has 2 fully saturated rings. The van der Waals surface area contributed by atoms with Crippen LogP contribution in [0.5, 0.6) is 5.88 Å². The molecule has 210 valence electrons. The average molecular weight is 568 g/mol. The molecule has 1 aliphatic heterocycles.